The molecule has 0 unspecified atom stereocenters. The van der Waals surface area contributed by atoms with Crippen LogP contribution < -0.4 is 4.74 Å². The summed E-state index contributed by atoms with van der Waals surface area (Å²) in [5.74, 6) is 1.45. The van der Waals surface area contributed by atoms with Crippen molar-refractivity contribution >= 4 is 17.5 Å². The number of rotatable bonds is 7. The van der Waals surface area contributed by atoms with Gasteiger partial charge in [0.15, 0.2) is 5.78 Å². The zero-order valence-electron chi connectivity index (χ0n) is 16.6. The average molecular weight is 397 g/mol. The highest BCUT2D eigenvalue weighted by Gasteiger charge is 2.15. The summed E-state index contributed by atoms with van der Waals surface area (Å²) in [6.45, 7) is 9.04. The number of benzene rings is 2. The van der Waals surface area contributed by atoms with Crippen LogP contribution in [0.1, 0.15) is 43.6 Å². The highest BCUT2D eigenvalue weighted by molar-refractivity contribution is 7.99. The lowest BCUT2D eigenvalue weighted by Crippen LogP contribution is -2.10. The number of thioether (sulfide) groups is 1. The van der Waals surface area contributed by atoms with E-state index in [2.05, 4.69) is 43.1 Å². The molecule has 0 amide bonds. The van der Waals surface area contributed by atoms with Crippen LogP contribution >= 0.6 is 11.8 Å². The number of nitrogens with zero attached hydrogens (tertiary/aromatic N) is 2. The van der Waals surface area contributed by atoms with Crippen LogP contribution in [0.4, 0.5) is 0 Å². The molecule has 3 aromatic rings. The Kier molecular flexibility index (Phi) is 6.19. The molecule has 5 nitrogen and oxygen atoms in total. The number of hydrogen-bond acceptors (Lipinski definition) is 6. The molecule has 0 aliphatic rings. The van der Waals surface area contributed by atoms with E-state index >= 15 is 0 Å². The molecule has 0 spiro atoms. The molecule has 0 aliphatic heterocycles. The third kappa shape index (κ3) is 5.01. The number of carbonyl (C=O) groups is 1. The molecule has 2 aromatic carbocycles. The minimum Gasteiger partial charge on any atom is -0.494 e. The highest BCUT2D eigenvalue weighted by Crippen LogP contribution is 2.27. The normalized spacial score (nSPS) is 11.4. The Morgan fingerprint density at radius 3 is 2.32 bits per heavy atom. The van der Waals surface area contributed by atoms with Gasteiger partial charge in [0, 0.05) is 11.1 Å². The maximum Gasteiger partial charge on any atom is 0.277 e. The van der Waals surface area contributed by atoms with Crippen molar-refractivity contribution in [3.63, 3.8) is 0 Å². The van der Waals surface area contributed by atoms with Gasteiger partial charge in [0.25, 0.3) is 5.22 Å². The summed E-state index contributed by atoms with van der Waals surface area (Å²) >= 11 is 1.24. The summed E-state index contributed by atoms with van der Waals surface area (Å²) in [5, 5.41) is 8.52. The molecule has 146 valence electrons. The summed E-state index contributed by atoms with van der Waals surface area (Å²) in [4.78, 5) is 12.3. The van der Waals surface area contributed by atoms with Crippen molar-refractivity contribution in [2.75, 3.05) is 12.4 Å². The van der Waals surface area contributed by atoms with Gasteiger partial charge in [0.05, 0.1) is 12.4 Å². The van der Waals surface area contributed by atoms with Crippen molar-refractivity contribution in [1.29, 1.82) is 0 Å². The standard InChI is InChI=1S/C22H24N2O3S/c1-5-26-18-12-8-15(9-13-18)19(25)14-28-21-24-23-20(27-21)16-6-10-17(11-7-16)22(2,3)4/h6-13H,5,14H2,1-4H3. The second-order valence-corrected chi connectivity index (χ2v) is 8.30. The third-order valence-electron chi connectivity index (χ3n) is 4.22. The van der Waals surface area contributed by atoms with Crippen LogP contribution in [0.2, 0.25) is 0 Å². The fraction of sp³-hybridized carbons (Fsp3) is 0.318. The first kappa shape index (κ1) is 20.1. The quantitative estimate of drug-likeness (QED) is 0.393. The SMILES string of the molecule is CCOc1ccc(C(=O)CSc2nnc(-c3ccc(C(C)(C)C)cc3)o2)cc1. The van der Waals surface area contributed by atoms with Gasteiger partial charge in [-0.3, -0.25) is 4.79 Å². The van der Waals surface area contributed by atoms with Crippen LogP contribution in [0, 0.1) is 0 Å². The Morgan fingerprint density at radius 2 is 1.71 bits per heavy atom. The van der Waals surface area contributed by atoms with Gasteiger partial charge in [0.2, 0.25) is 5.89 Å². The molecule has 6 heteroatoms. The van der Waals surface area contributed by atoms with E-state index in [1.807, 2.05) is 19.1 Å². The summed E-state index contributed by atoms with van der Waals surface area (Å²) < 4.78 is 11.1. The molecule has 0 bridgehead atoms. The zero-order chi connectivity index (χ0) is 20.1. The molecule has 0 saturated heterocycles. The fourth-order valence-electron chi connectivity index (χ4n) is 2.61. The first-order chi connectivity index (χ1) is 13.4. The van der Waals surface area contributed by atoms with Gasteiger partial charge in [-0.05, 0) is 54.3 Å². The number of ketones is 1. The minimum atomic E-state index is 0.00216. The van der Waals surface area contributed by atoms with Crippen LogP contribution in [0.15, 0.2) is 58.2 Å². The molecule has 0 aliphatic carbocycles. The fourth-order valence-corrected chi connectivity index (χ4v) is 3.27. The molecule has 28 heavy (non-hydrogen) atoms. The van der Waals surface area contributed by atoms with Gasteiger partial charge in [-0.1, -0.05) is 44.7 Å². The predicted molar refractivity (Wildman–Crippen MR) is 111 cm³/mol. The smallest absolute Gasteiger partial charge is 0.277 e. The summed E-state index contributed by atoms with van der Waals surface area (Å²) in [5.41, 5.74) is 2.83. The predicted octanol–water partition coefficient (Wildman–Crippen LogP) is 5.41. The molecule has 0 N–H and O–H groups in total. The van der Waals surface area contributed by atoms with E-state index in [1.165, 1.54) is 17.3 Å². The van der Waals surface area contributed by atoms with E-state index in [-0.39, 0.29) is 17.0 Å². The maximum absolute atomic E-state index is 12.3. The molecular formula is C22H24N2O3S. The van der Waals surface area contributed by atoms with E-state index < -0.39 is 0 Å². The van der Waals surface area contributed by atoms with Gasteiger partial charge < -0.3 is 9.15 Å². The third-order valence-corrected chi connectivity index (χ3v) is 5.04. The maximum atomic E-state index is 12.3. The van der Waals surface area contributed by atoms with Crippen molar-refractivity contribution < 1.29 is 13.9 Å². The number of carbonyl (C=O) groups excluding carboxylic acids is 1. The summed E-state index contributed by atoms with van der Waals surface area (Å²) in [6.07, 6.45) is 0. The molecule has 3 rings (SSSR count). The van der Waals surface area contributed by atoms with Crippen LogP contribution in [0.25, 0.3) is 11.5 Å². The van der Waals surface area contributed by atoms with E-state index in [9.17, 15) is 4.79 Å². The van der Waals surface area contributed by atoms with Crippen molar-refractivity contribution in [1.82, 2.24) is 10.2 Å². The molecule has 1 heterocycles. The van der Waals surface area contributed by atoms with Crippen molar-refractivity contribution in [3.8, 4) is 17.2 Å². The zero-order valence-corrected chi connectivity index (χ0v) is 17.4. The Labute approximate surface area is 169 Å². The minimum absolute atomic E-state index is 0.00216. The lowest BCUT2D eigenvalue weighted by atomic mass is 9.87. The van der Waals surface area contributed by atoms with Gasteiger partial charge >= 0.3 is 0 Å². The number of hydrogen-bond donors (Lipinski definition) is 0. The highest BCUT2D eigenvalue weighted by atomic mass is 32.2. The molecule has 1 aromatic heterocycles. The molecule has 0 saturated carbocycles. The topological polar surface area (TPSA) is 65.2 Å². The first-order valence-electron chi connectivity index (χ1n) is 9.20. The lowest BCUT2D eigenvalue weighted by Gasteiger charge is -2.18. The van der Waals surface area contributed by atoms with Crippen LogP contribution in [0.5, 0.6) is 5.75 Å². The van der Waals surface area contributed by atoms with Gasteiger partial charge in [-0.15, -0.1) is 10.2 Å². The number of Topliss-reactive ketones (excluding diaryl/α,β-unsaturated/α-hetero) is 1. The van der Waals surface area contributed by atoms with Gasteiger partial charge in [0.1, 0.15) is 5.75 Å². The van der Waals surface area contributed by atoms with E-state index in [4.69, 9.17) is 9.15 Å². The largest absolute Gasteiger partial charge is 0.494 e. The second-order valence-electron chi connectivity index (χ2n) is 7.37. The van der Waals surface area contributed by atoms with Gasteiger partial charge in [-0.2, -0.15) is 0 Å². The number of aromatic nitrogens is 2. The second kappa shape index (κ2) is 8.61. The average Bonchev–Trinajstić information content (AvgIpc) is 3.15. The first-order valence-corrected chi connectivity index (χ1v) is 10.2. The van der Waals surface area contributed by atoms with E-state index in [0.717, 1.165) is 11.3 Å². The van der Waals surface area contributed by atoms with Crippen molar-refractivity contribution in [2.24, 2.45) is 0 Å². The molecule has 0 radical (unpaired) electrons. The molecule has 0 fully saturated rings. The van der Waals surface area contributed by atoms with Crippen LogP contribution in [-0.4, -0.2) is 28.3 Å². The number of ether oxygens (including phenoxy) is 1. The van der Waals surface area contributed by atoms with Crippen LogP contribution in [-0.2, 0) is 5.41 Å². The van der Waals surface area contributed by atoms with Crippen molar-refractivity contribution in [3.05, 3.63) is 59.7 Å². The Bertz CT molecular complexity index is 926. The molecule has 0 atom stereocenters. The Hall–Kier alpha value is -2.60. The van der Waals surface area contributed by atoms with Gasteiger partial charge in [-0.25, -0.2) is 0 Å². The lowest BCUT2D eigenvalue weighted by molar-refractivity contribution is 0.102. The molecular weight excluding hydrogens is 372 g/mol. The monoisotopic (exact) mass is 396 g/mol. The van der Waals surface area contributed by atoms with E-state index in [0.29, 0.717) is 23.3 Å². The summed E-state index contributed by atoms with van der Waals surface area (Å²) in [6, 6.07) is 15.2. The Morgan fingerprint density at radius 1 is 1.04 bits per heavy atom. The summed E-state index contributed by atoms with van der Waals surface area (Å²) in [7, 11) is 0. The Balaban J connectivity index is 1.60. The van der Waals surface area contributed by atoms with Crippen molar-refractivity contribution in [2.45, 2.75) is 38.3 Å². The van der Waals surface area contributed by atoms with E-state index in [1.54, 1.807) is 24.3 Å². The van der Waals surface area contributed by atoms with Crippen LogP contribution in [0.3, 0.4) is 0 Å².